The number of carbonyl (C=O) groups is 2. The van der Waals surface area contributed by atoms with Crippen molar-refractivity contribution in [3.63, 3.8) is 0 Å². The minimum atomic E-state index is -0.292. The average molecular weight is 299 g/mol. The highest BCUT2D eigenvalue weighted by Crippen LogP contribution is 2.21. The zero-order valence-corrected chi connectivity index (χ0v) is 12.0. The maximum absolute atomic E-state index is 12.9. The van der Waals surface area contributed by atoms with Crippen molar-refractivity contribution >= 4 is 22.7 Å². The van der Waals surface area contributed by atoms with Crippen molar-refractivity contribution < 1.29 is 14.3 Å². The summed E-state index contributed by atoms with van der Waals surface area (Å²) in [5.41, 5.74) is 1.49. The van der Waals surface area contributed by atoms with E-state index in [1.165, 1.54) is 0 Å². The maximum atomic E-state index is 12.9. The fourth-order valence-corrected chi connectivity index (χ4v) is 3.23. The van der Waals surface area contributed by atoms with Crippen molar-refractivity contribution in [2.75, 3.05) is 26.3 Å². The Morgan fingerprint density at radius 2 is 2.14 bits per heavy atom. The molecule has 2 amide bonds. The summed E-state index contributed by atoms with van der Waals surface area (Å²) in [5, 5.41) is 3.96. The largest absolute Gasteiger partial charge is 0.378 e. The van der Waals surface area contributed by atoms with Crippen LogP contribution in [0.4, 0.5) is 0 Å². The van der Waals surface area contributed by atoms with Crippen LogP contribution < -0.4 is 5.32 Å². The van der Waals surface area contributed by atoms with Gasteiger partial charge < -0.3 is 19.9 Å². The Labute approximate surface area is 127 Å². The number of nitrogens with zero attached hydrogens (tertiary/aromatic N) is 1. The van der Waals surface area contributed by atoms with Gasteiger partial charge in [0.15, 0.2) is 0 Å². The number of aromatic nitrogens is 1. The minimum Gasteiger partial charge on any atom is -0.378 e. The molecule has 1 aromatic heterocycles. The molecule has 114 valence electrons. The SMILES string of the molecule is O=C1N[C@@H]2COC[C@H]1CN(C(=O)c1cccc3cc[nH]c13)C2. The maximum Gasteiger partial charge on any atom is 0.256 e. The highest BCUT2D eigenvalue weighted by molar-refractivity contribution is 6.05. The van der Waals surface area contributed by atoms with Gasteiger partial charge in [-0.05, 0) is 12.1 Å². The number of aromatic amines is 1. The smallest absolute Gasteiger partial charge is 0.256 e. The van der Waals surface area contributed by atoms with Crippen LogP contribution in [0.15, 0.2) is 30.5 Å². The summed E-state index contributed by atoms with van der Waals surface area (Å²) in [6.45, 7) is 1.72. The predicted molar refractivity (Wildman–Crippen MR) is 80.4 cm³/mol. The molecule has 0 radical (unpaired) electrons. The van der Waals surface area contributed by atoms with E-state index >= 15 is 0 Å². The summed E-state index contributed by atoms with van der Waals surface area (Å²) in [4.78, 5) is 29.9. The highest BCUT2D eigenvalue weighted by Gasteiger charge is 2.35. The van der Waals surface area contributed by atoms with Crippen molar-refractivity contribution in [2.24, 2.45) is 5.92 Å². The molecule has 2 fully saturated rings. The lowest BCUT2D eigenvalue weighted by Gasteiger charge is -2.27. The lowest BCUT2D eigenvalue weighted by atomic mass is 10.1. The average Bonchev–Trinajstić information content (AvgIpc) is 2.83. The van der Waals surface area contributed by atoms with E-state index in [-0.39, 0.29) is 23.8 Å². The fraction of sp³-hybridized carbons (Fsp3) is 0.375. The Morgan fingerprint density at radius 1 is 1.23 bits per heavy atom. The minimum absolute atomic E-state index is 0.0177. The van der Waals surface area contributed by atoms with Crippen LogP contribution in [0.2, 0.25) is 0 Å². The van der Waals surface area contributed by atoms with Crippen LogP contribution in [0.5, 0.6) is 0 Å². The molecule has 3 heterocycles. The Balaban J connectivity index is 1.68. The highest BCUT2D eigenvalue weighted by atomic mass is 16.5. The third-order valence-electron chi connectivity index (χ3n) is 4.34. The van der Waals surface area contributed by atoms with E-state index in [1.807, 2.05) is 30.5 Å². The van der Waals surface area contributed by atoms with Crippen LogP contribution in [0.1, 0.15) is 10.4 Å². The third-order valence-corrected chi connectivity index (χ3v) is 4.34. The number of para-hydroxylation sites is 1. The van der Waals surface area contributed by atoms with Crippen LogP contribution in [-0.2, 0) is 9.53 Å². The van der Waals surface area contributed by atoms with Gasteiger partial charge in [0.1, 0.15) is 0 Å². The molecular weight excluding hydrogens is 282 g/mol. The van der Waals surface area contributed by atoms with Gasteiger partial charge in [-0.25, -0.2) is 0 Å². The fourth-order valence-electron chi connectivity index (χ4n) is 3.23. The standard InChI is InChI=1S/C16H17N3O3/c20-15-11-6-19(7-12(18-15)9-22-8-11)16(21)13-3-1-2-10-4-5-17-14(10)13/h1-5,11-12,17H,6-9H2,(H,18,20)/t11-,12+/m1/s1. The van der Waals surface area contributed by atoms with Crippen LogP contribution >= 0.6 is 0 Å². The van der Waals surface area contributed by atoms with Crippen molar-refractivity contribution in [1.29, 1.82) is 0 Å². The Hall–Kier alpha value is -2.34. The van der Waals surface area contributed by atoms with Gasteiger partial charge >= 0.3 is 0 Å². The van der Waals surface area contributed by atoms with E-state index in [4.69, 9.17) is 4.74 Å². The Kier molecular flexibility index (Phi) is 3.11. The predicted octanol–water partition coefficient (Wildman–Crippen LogP) is 0.755. The second-order valence-corrected chi connectivity index (χ2v) is 5.90. The van der Waals surface area contributed by atoms with E-state index in [0.717, 1.165) is 10.9 Å². The molecule has 22 heavy (non-hydrogen) atoms. The summed E-state index contributed by atoms with van der Waals surface area (Å²) >= 11 is 0. The van der Waals surface area contributed by atoms with Gasteiger partial charge in [-0.2, -0.15) is 0 Å². The van der Waals surface area contributed by atoms with E-state index in [9.17, 15) is 9.59 Å². The number of H-pyrrole nitrogens is 1. The van der Waals surface area contributed by atoms with E-state index < -0.39 is 0 Å². The number of carbonyl (C=O) groups excluding carboxylic acids is 2. The molecule has 4 rings (SSSR count). The molecule has 2 aromatic rings. The lowest BCUT2D eigenvalue weighted by Crippen LogP contribution is -2.44. The van der Waals surface area contributed by atoms with E-state index in [0.29, 0.717) is 31.9 Å². The molecule has 2 aliphatic heterocycles. The van der Waals surface area contributed by atoms with Crippen LogP contribution in [0, 0.1) is 5.92 Å². The van der Waals surface area contributed by atoms with Crippen LogP contribution in [0.25, 0.3) is 10.9 Å². The molecule has 0 aliphatic carbocycles. The van der Waals surface area contributed by atoms with Crippen molar-refractivity contribution in [1.82, 2.24) is 15.2 Å². The first-order valence-electron chi connectivity index (χ1n) is 7.46. The number of amides is 2. The Bertz CT molecular complexity index is 739. The molecule has 6 heteroatoms. The molecule has 0 spiro atoms. The quantitative estimate of drug-likeness (QED) is 0.816. The molecule has 0 saturated carbocycles. The summed E-state index contributed by atoms with van der Waals surface area (Å²) in [5.74, 6) is -0.350. The molecular formula is C16H17N3O3. The summed E-state index contributed by atoms with van der Waals surface area (Å²) in [6, 6.07) is 7.50. The second-order valence-electron chi connectivity index (χ2n) is 5.90. The molecule has 2 saturated heterocycles. The number of nitrogens with one attached hydrogen (secondary N) is 2. The molecule has 0 unspecified atom stereocenters. The van der Waals surface area contributed by atoms with Gasteiger partial charge in [-0.1, -0.05) is 12.1 Å². The van der Waals surface area contributed by atoms with Gasteiger partial charge in [0.05, 0.1) is 36.3 Å². The first-order chi connectivity index (χ1) is 10.7. The zero-order chi connectivity index (χ0) is 15.1. The van der Waals surface area contributed by atoms with E-state index in [2.05, 4.69) is 10.3 Å². The summed E-state index contributed by atoms with van der Waals surface area (Å²) in [6.07, 6.45) is 1.83. The summed E-state index contributed by atoms with van der Waals surface area (Å²) < 4.78 is 5.50. The lowest BCUT2D eigenvalue weighted by molar-refractivity contribution is -0.125. The second kappa shape index (κ2) is 5.14. The zero-order valence-electron chi connectivity index (χ0n) is 12.0. The van der Waals surface area contributed by atoms with Gasteiger partial charge in [0.25, 0.3) is 5.91 Å². The molecule has 1 aromatic carbocycles. The van der Waals surface area contributed by atoms with Gasteiger partial charge in [0.2, 0.25) is 5.91 Å². The molecule has 2 bridgehead atoms. The topological polar surface area (TPSA) is 74.4 Å². The number of fused-ring (bicyclic) bond motifs is 4. The van der Waals surface area contributed by atoms with Crippen molar-refractivity contribution in [2.45, 2.75) is 6.04 Å². The monoisotopic (exact) mass is 299 g/mol. The normalized spacial score (nSPS) is 24.9. The van der Waals surface area contributed by atoms with Gasteiger partial charge in [0, 0.05) is 24.7 Å². The van der Waals surface area contributed by atoms with Crippen molar-refractivity contribution in [3.05, 3.63) is 36.0 Å². The first-order valence-corrected chi connectivity index (χ1v) is 7.46. The van der Waals surface area contributed by atoms with Crippen LogP contribution in [-0.4, -0.2) is 54.0 Å². The number of hydrogen-bond donors (Lipinski definition) is 2. The van der Waals surface area contributed by atoms with Crippen molar-refractivity contribution in [3.8, 4) is 0 Å². The molecule has 2 atom stereocenters. The third kappa shape index (κ3) is 2.16. The number of hydrogen-bond acceptors (Lipinski definition) is 3. The van der Waals surface area contributed by atoms with Crippen LogP contribution in [0.3, 0.4) is 0 Å². The Morgan fingerprint density at radius 3 is 3.05 bits per heavy atom. The van der Waals surface area contributed by atoms with Gasteiger partial charge in [-0.3, -0.25) is 9.59 Å². The van der Waals surface area contributed by atoms with E-state index in [1.54, 1.807) is 4.90 Å². The number of benzene rings is 1. The molecule has 2 aliphatic rings. The number of ether oxygens (including phenoxy) is 1. The summed E-state index contributed by atoms with van der Waals surface area (Å²) in [7, 11) is 0. The number of rotatable bonds is 1. The van der Waals surface area contributed by atoms with Gasteiger partial charge in [-0.15, -0.1) is 0 Å². The molecule has 6 nitrogen and oxygen atoms in total. The first kappa shape index (κ1) is 13.3. The molecule has 2 N–H and O–H groups in total.